The highest BCUT2D eigenvalue weighted by atomic mass is 19.3. The molecule has 1 amide bonds. The molecule has 0 aromatic heterocycles. The Labute approximate surface area is 97.8 Å². The van der Waals surface area contributed by atoms with Gasteiger partial charge in [-0.15, -0.1) is 0 Å². The Bertz CT molecular complexity index is 470. The SMILES string of the molecule is CC(=O)C(F)(F)C(=O)Nc1ccc(C)cc1C. The van der Waals surface area contributed by atoms with Crippen molar-refractivity contribution in [2.45, 2.75) is 26.7 Å². The molecule has 0 spiro atoms. The number of amides is 1. The number of Topliss-reactive ketones (excluding diaryl/α,β-unsaturated/α-hetero) is 1. The van der Waals surface area contributed by atoms with Crippen LogP contribution in [0.25, 0.3) is 0 Å². The van der Waals surface area contributed by atoms with Gasteiger partial charge in [-0.2, -0.15) is 8.78 Å². The van der Waals surface area contributed by atoms with Gasteiger partial charge in [0.05, 0.1) is 0 Å². The third-order valence-corrected chi connectivity index (χ3v) is 2.36. The number of hydrogen-bond donors (Lipinski definition) is 1. The largest absolute Gasteiger partial charge is 0.381 e. The van der Waals surface area contributed by atoms with E-state index in [-0.39, 0.29) is 5.69 Å². The number of rotatable bonds is 3. The number of benzene rings is 1. The molecule has 1 N–H and O–H groups in total. The second-order valence-electron chi connectivity index (χ2n) is 3.90. The molecule has 0 aliphatic rings. The standard InChI is InChI=1S/C12H13F2NO2/c1-7-4-5-10(8(2)6-7)15-11(17)12(13,14)9(3)16/h4-6H,1-3H3,(H,15,17). The summed E-state index contributed by atoms with van der Waals surface area (Å²) in [5.41, 5.74) is 1.90. The fraction of sp³-hybridized carbons (Fsp3) is 0.333. The normalized spacial score (nSPS) is 11.1. The van der Waals surface area contributed by atoms with Gasteiger partial charge >= 0.3 is 11.8 Å². The first-order valence-electron chi connectivity index (χ1n) is 5.02. The molecular formula is C12H13F2NO2. The molecule has 0 fully saturated rings. The smallest absolute Gasteiger partial charge is 0.320 e. The van der Waals surface area contributed by atoms with E-state index in [0.717, 1.165) is 5.56 Å². The number of ketones is 1. The molecule has 0 unspecified atom stereocenters. The average Bonchev–Trinajstić information content (AvgIpc) is 2.21. The Morgan fingerprint density at radius 3 is 2.29 bits per heavy atom. The lowest BCUT2D eigenvalue weighted by Gasteiger charge is -2.14. The molecule has 1 aromatic carbocycles. The summed E-state index contributed by atoms with van der Waals surface area (Å²) in [5, 5.41) is 2.05. The van der Waals surface area contributed by atoms with Crippen LogP contribution < -0.4 is 5.32 Å². The van der Waals surface area contributed by atoms with E-state index >= 15 is 0 Å². The van der Waals surface area contributed by atoms with Crippen molar-refractivity contribution in [3.8, 4) is 0 Å². The van der Waals surface area contributed by atoms with E-state index in [1.165, 1.54) is 6.07 Å². The Morgan fingerprint density at radius 2 is 1.82 bits per heavy atom. The molecule has 0 heterocycles. The number of nitrogens with one attached hydrogen (secondary N) is 1. The fourth-order valence-corrected chi connectivity index (χ4v) is 1.31. The van der Waals surface area contributed by atoms with Crippen molar-refractivity contribution in [1.82, 2.24) is 0 Å². The van der Waals surface area contributed by atoms with Crippen molar-refractivity contribution in [1.29, 1.82) is 0 Å². The summed E-state index contributed by atoms with van der Waals surface area (Å²) in [6.07, 6.45) is 0. The highest BCUT2D eigenvalue weighted by molar-refractivity contribution is 6.12. The van der Waals surface area contributed by atoms with Crippen LogP contribution in [0.4, 0.5) is 14.5 Å². The Kier molecular flexibility index (Phi) is 3.60. The molecule has 17 heavy (non-hydrogen) atoms. The van der Waals surface area contributed by atoms with Crippen molar-refractivity contribution >= 4 is 17.4 Å². The molecule has 0 bridgehead atoms. The molecule has 1 rings (SSSR count). The predicted octanol–water partition coefficient (Wildman–Crippen LogP) is 2.47. The van der Waals surface area contributed by atoms with E-state index in [2.05, 4.69) is 0 Å². The van der Waals surface area contributed by atoms with Gasteiger partial charge in [0.15, 0.2) is 0 Å². The van der Waals surface area contributed by atoms with Crippen LogP contribution in [0.3, 0.4) is 0 Å². The average molecular weight is 241 g/mol. The zero-order valence-corrected chi connectivity index (χ0v) is 9.80. The lowest BCUT2D eigenvalue weighted by molar-refractivity contribution is -0.153. The van der Waals surface area contributed by atoms with Crippen LogP contribution in [0.2, 0.25) is 0 Å². The lowest BCUT2D eigenvalue weighted by atomic mass is 10.1. The van der Waals surface area contributed by atoms with Gasteiger partial charge in [-0.25, -0.2) is 0 Å². The highest BCUT2D eigenvalue weighted by Crippen LogP contribution is 2.21. The number of alkyl halides is 2. The molecule has 5 heteroatoms. The molecule has 1 aromatic rings. The number of carbonyl (C=O) groups excluding carboxylic acids is 2. The molecule has 92 valence electrons. The third-order valence-electron chi connectivity index (χ3n) is 2.36. The van der Waals surface area contributed by atoms with Gasteiger partial charge in [0.1, 0.15) is 0 Å². The van der Waals surface area contributed by atoms with Gasteiger partial charge < -0.3 is 5.32 Å². The van der Waals surface area contributed by atoms with Crippen molar-refractivity contribution in [3.63, 3.8) is 0 Å². The molecule has 0 radical (unpaired) electrons. The Balaban J connectivity index is 2.92. The van der Waals surface area contributed by atoms with E-state index in [4.69, 9.17) is 0 Å². The van der Waals surface area contributed by atoms with Gasteiger partial charge in [-0.05, 0) is 25.5 Å². The van der Waals surface area contributed by atoms with Gasteiger partial charge in [-0.1, -0.05) is 17.7 Å². The van der Waals surface area contributed by atoms with Crippen LogP contribution >= 0.6 is 0 Å². The second kappa shape index (κ2) is 4.61. The molecule has 0 aliphatic carbocycles. The monoisotopic (exact) mass is 241 g/mol. The van der Waals surface area contributed by atoms with Crippen molar-refractivity contribution in [3.05, 3.63) is 29.3 Å². The van der Waals surface area contributed by atoms with Crippen LogP contribution in [0.15, 0.2) is 18.2 Å². The third kappa shape index (κ3) is 2.87. The fourth-order valence-electron chi connectivity index (χ4n) is 1.31. The van der Waals surface area contributed by atoms with Gasteiger partial charge in [0.25, 0.3) is 0 Å². The minimum Gasteiger partial charge on any atom is -0.320 e. The van der Waals surface area contributed by atoms with E-state index in [9.17, 15) is 18.4 Å². The van der Waals surface area contributed by atoms with Gasteiger partial charge in [-0.3, -0.25) is 9.59 Å². The first-order valence-corrected chi connectivity index (χ1v) is 5.02. The molecule has 0 saturated carbocycles. The molecule has 0 aliphatic heterocycles. The maximum atomic E-state index is 13.1. The highest BCUT2D eigenvalue weighted by Gasteiger charge is 2.44. The zero-order chi connectivity index (χ0) is 13.2. The maximum absolute atomic E-state index is 13.1. The molecule has 0 atom stereocenters. The molecular weight excluding hydrogens is 228 g/mol. The first-order chi connectivity index (χ1) is 7.75. The first kappa shape index (κ1) is 13.3. The van der Waals surface area contributed by atoms with Crippen LogP contribution in [0.1, 0.15) is 18.1 Å². The van der Waals surface area contributed by atoms with E-state index in [0.29, 0.717) is 12.5 Å². The van der Waals surface area contributed by atoms with E-state index in [1.807, 2.05) is 12.2 Å². The quantitative estimate of drug-likeness (QED) is 0.826. The number of aryl methyl sites for hydroxylation is 2. The van der Waals surface area contributed by atoms with Gasteiger partial charge in [0, 0.05) is 12.6 Å². The summed E-state index contributed by atoms with van der Waals surface area (Å²) in [4.78, 5) is 21.9. The number of halogens is 2. The molecule has 0 saturated heterocycles. The summed E-state index contributed by atoms with van der Waals surface area (Å²) in [7, 11) is 0. The lowest BCUT2D eigenvalue weighted by Crippen LogP contribution is -2.40. The van der Waals surface area contributed by atoms with Gasteiger partial charge in [0.2, 0.25) is 5.78 Å². The number of carbonyl (C=O) groups is 2. The van der Waals surface area contributed by atoms with Crippen LogP contribution in [-0.2, 0) is 9.59 Å². The summed E-state index contributed by atoms with van der Waals surface area (Å²) >= 11 is 0. The summed E-state index contributed by atoms with van der Waals surface area (Å²) in [5.74, 6) is -7.06. The second-order valence-corrected chi connectivity index (χ2v) is 3.90. The van der Waals surface area contributed by atoms with Crippen molar-refractivity contribution in [2.75, 3.05) is 5.32 Å². The van der Waals surface area contributed by atoms with Crippen LogP contribution in [-0.4, -0.2) is 17.6 Å². The Morgan fingerprint density at radius 1 is 1.24 bits per heavy atom. The Hall–Kier alpha value is -1.78. The predicted molar refractivity (Wildman–Crippen MR) is 60.2 cm³/mol. The summed E-state index contributed by atoms with van der Waals surface area (Å²) in [6, 6.07) is 4.97. The van der Waals surface area contributed by atoms with Crippen LogP contribution in [0.5, 0.6) is 0 Å². The van der Waals surface area contributed by atoms with E-state index < -0.39 is 17.6 Å². The van der Waals surface area contributed by atoms with Crippen LogP contribution in [0, 0.1) is 13.8 Å². The molecule has 3 nitrogen and oxygen atoms in total. The number of anilines is 1. The summed E-state index contributed by atoms with van der Waals surface area (Å²) < 4.78 is 26.1. The topological polar surface area (TPSA) is 46.2 Å². The summed E-state index contributed by atoms with van der Waals surface area (Å²) in [6.45, 7) is 4.22. The minimum absolute atomic E-state index is 0.279. The zero-order valence-electron chi connectivity index (χ0n) is 9.80. The maximum Gasteiger partial charge on any atom is 0.381 e. The van der Waals surface area contributed by atoms with Crippen molar-refractivity contribution in [2.24, 2.45) is 0 Å². The van der Waals surface area contributed by atoms with E-state index in [1.54, 1.807) is 19.1 Å². The number of hydrogen-bond acceptors (Lipinski definition) is 2. The van der Waals surface area contributed by atoms with Crippen molar-refractivity contribution < 1.29 is 18.4 Å². The minimum atomic E-state index is -3.99.